The molecule has 0 radical (unpaired) electrons. The number of fused-ring (bicyclic) bond motifs is 1. The first-order valence-corrected chi connectivity index (χ1v) is 11.7. The number of hydrogen-bond donors (Lipinski definition) is 3. The Morgan fingerprint density at radius 3 is 2.52 bits per heavy atom. The smallest absolute Gasteiger partial charge is 0.269 e. The lowest BCUT2D eigenvalue weighted by molar-refractivity contribution is -0.119. The molecule has 0 atom stereocenters. The van der Waals surface area contributed by atoms with E-state index in [1.807, 2.05) is 11.5 Å². The third kappa shape index (κ3) is 5.60. The molecule has 0 saturated heterocycles. The number of primary sulfonamides is 1. The van der Waals surface area contributed by atoms with E-state index >= 15 is 0 Å². The standard InChI is InChI=1S/C19H20FN5O4S2/c1-2-9-25-16-8-7-14(31(21,28)29)10-15(16)22-19(25)30-11-17(26)23-24-18(27)12-3-5-13(20)6-4-12/h3-8,10H,2,9,11H2,1H3,(H,23,26)(H,24,27)(H2,21,28,29). The number of imidazole rings is 1. The molecule has 2 amide bonds. The van der Waals surface area contributed by atoms with Gasteiger partial charge in [-0.2, -0.15) is 0 Å². The molecule has 0 unspecified atom stereocenters. The monoisotopic (exact) mass is 465 g/mol. The van der Waals surface area contributed by atoms with Crippen molar-refractivity contribution in [1.82, 2.24) is 20.4 Å². The fourth-order valence-electron chi connectivity index (χ4n) is 2.78. The van der Waals surface area contributed by atoms with Crippen LogP contribution < -0.4 is 16.0 Å². The number of carbonyl (C=O) groups is 2. The number of nitrogens with zero attached hydrogens (tertiary/aromatic N) is 2. The van der Waals surface area contributed by atoms with Gasteiger partial charge in [-0.05, 0) is 48.9 Å². The van der Waals surface area contributed by atoms with Crippen molar-refractivity contribution in [1.29, 1.82) is 0 Å². The number of aryl methyl sites for hydroxylation is 1. The molecule has 0 bridgehead atoms. The van der Waals surface area contributed by atoms with E-state index in [9.17, 15) is 22.4 Å². The lowest BCUT2D eigenvalue weighted by atomic mass is 10.2. The van der Waals surface area contributed by atoms with Crippen molar-refractivity contribution in [3.8, 4) is 0 Å². The molecule has 0 aliphatic carbocycles. The normalized spacial score (nSPS) is 11.5. The topological polar surface area (TPSA) is 136 Å². The zero-order chi connectivity index (χ0) is 22.6. The number of benzene rings is 2. The average molecular weight is 466 g/mol. The minimum atomic E-state index is -3.86. The predicted octanol–water partition coefficient (Wildman–Crippen LogP) is 1.79. The third-order valence-corrected chi connectivity index (χ3v) is 6.10. The number of rotatable bonds is 7. The Balaban J connectivity index is 1.67. The summed E-state index contributed by atoms with van der Waals surface area (Å²) in [6, 6.07) is 9.33. The van der Waals surface area contributed by atoms with Crippen LogP contribution >= 0.6 is 11.8 Å². The number of carbonyl (C=O) groups excluding carboxylic acids is 2. The highest BCUT2D eigenvalue weighted by Crippen LogP contribution is 2.26. The molecule has 2 aromatic carbocycles. The van der Waals surface area contributed by atoms with E-state index in [-0.39, 0.29) is 16.2 Å². The molecule has 12 heteroatoms. The summed E-state index contributed by atoms with van der Waals surface area (Å²) in [5.41, 5.74) is 5.93. The lowest BCUT2D eigenvalue weighted by Gasteiger charge is -2.09. The van der Waals surface area contributed by atoms with Crippen LogP contribution in [-0.4, -0.2) is 35.5 Å². The summed E-state index contributed by atoms with van der Waals surface area (Å²) in [7, 11) is -3.86. The van der Waals surface area contributed by atoms with Crippen LogP contribution in [0.3, 0.4) is 0 Å². The summed E-state index contributed by atoms with van der Waals surface area (Å²) < 4.78 is 38.0. The molecule has 31 heavy (non-hydrogen) atoms. The molecule has 164 valence electrons. The van der Waals surface area contributed by atoms with Gasteiger partial charge >= 0.3 is 0 Å². The molecule has 9 nitrogen and oxygen atoms in total. The van der Waals surface area contributed by atoms with Gasteiger partial charge in [0.25, 0.3) is 5.91 Å². The Kier molecular flexibility index (Phi) is 6.93. The quantitative estimate of drug-likeness (QED) is 0.359. The van der Waals surface area contributed by atoms with Gasteiger partial charge in [0.05, 0.1) is 21.7 Å². The van der Waals surface area contributed by atoms with Crippen LogP contribution in [0.15, 0.2) is 52.5 Å². The Hall–Kier alpha value is -2.96. The molecule has 1 aromatic heterocycles. The fraction of sp³-hybridized carbons (Fsp3) is 0.211. The summed E-state index contributed by atoms with van der Waals surface area (Å²) >= 11 is 1.14. The fourth-order valence-corrected chi connectivity index (χ4v) is 4.15. The maximum atomic E-state index is 12.9. The molecular weight excluding hydrogens is 445 g/mol. The second kappa shape index (κ2) is 9.45. The van der Waals surface area contributed by atoms with Gasteiger partial charge in [-0.25, -0.2) is 22.9 Å². The molecule has 0 spiro atoms. The van der Waals surface area contributed by atoms with Crippen LogP contribution in [0.2, 0.25) is 0 Å². The number of nitrogens with one attached hydrogen (secondary N) is 2. The number of thioether (sulfide) groups is 1. The van der Waals surface area contributed by atoms with Gasteiger partial charge < -0.3 is 4.57 Å². The average Bonchev–Trinajstić information content (AvgIpc) is 3.07. The molecule has 0 fully saturated rings. The first-order valence-electron chi connectivity index (χ1n) is 9.19. The maximum absolute atomic E-state index is 12.9. The molecular formula is C19H20FN5O4S2. The van der Waals surface area contributed by atoms with Crippen molar-refractivity contribution >= 4 is 44.6 Å². The largest absolute Gasteiger partial charge is 0.319 e. The zero-order valence-corrected chi connectivity index (χ0v) is 18.1. The minimum Gasteiger partial charge on any atom is -0.319 e. The van der Waals surface area contributed by atoms with Crippen molar-refractivity contribution in [2.45, 2.75) is 29.9 Å². The SMILES string of the molecule is CCCn1c(SCC(=O)NNC(=O)c2ccc(F)cc2)nc2cc(S(N)(=O)=O)ccc21. The first-order chi connectivity index (χ1) is 14.7. The summed E-state index contributed by atoms with van der Waals surface area (Å²) in [5.74, 6) is -1.56. The second-order valence-electron chi connectivity index (χ2n) is 6.54. The van der Waals surface area contributed by atoms with Gasteiger partial charge in [0, 0.05) is 12.1 Å². The van der Waals surface area contributed by atoms with Crippen LogP contribution in [0.5, 0.6) is 0 Å². The van der Waals surface area contributed by atoms with E-state index in [1.54, 1.807) is 6.07 Å². The van der Waals surface area contributed by atoms with Crippen molar-refractivity contribution in [3.63, 3.8) is 0 Å². The van der Waals surface area contributed by atoms with Gasteiger partial charge in [0.15, 0.2) is 5.16 Å². The van der Waals surface area contributed by atoms with Crippen LogP contribution in [0.25, 0.3) is 11.0 Å². The summed E-state index contributed by atoms with van der Waals surface area (Å²) in [4.78, 5) is 28.5. The summed E-state index contributed by atoms with van der Waals surface area (Å²) in [6.45, 7) is 2.60. The number of hydrogen-bond acceptors (Lipinski definition) is 6. The molecule has 3 rings (SSSR count). The lowest BCUT2D eigenvalue weighted by Crippen LogP contribution is -2.42. The summed E-state index contributed by atoms with van der Waals surface area (Å²) in [5, 5.41) is 5.71. The first kappa shape index (κ1) is 22.7. The second-order valence-corrected chi connectivity index (χ2v) is 9.04. The van der Waals surface area contributed by atoms with Crippen LogP contribution in [0.1, 0.15) is 23.7 Å². The van der Waals surface area contributed by atoms with Gasteiger partial charge in [-0.3, -0.25) is 20.4 Å². The molecule has 0 aliphatic rings. The highest BCUT2D eigenvalue weighted by Gasteiger charge is 2.16. The Bertz CT molecular complexity index is 1230. The molecule has 1 heterocycles. The van der Waals surface area contributed by atoms with Crippen molar-refractivity contribution < 1.29 is 22.4 Å². The molecule has 0 aliphatic heterocycles. The van der Waals surface area contributed by atoms with Crippen LogP contribution in [0, 0.1) is 5.82 Å². The molecule has 0 saturated carbocycles. The predicted molar refractivity (Wildman–Crippen MR) is 114 cm³/mol. The van der Waals surface area contributed by atoms with E-state index in [2.05, 4.69) is 15.8 Å². The zero-order valence-electron chi connectivity index (χ0n) is 16.5. The molecule has 3 aromatic rings. The molecule has 4 N–H and O–H groups in total. The van der Waals surface area contributed by atoms with E-state index in [0.717, 1.165) is 35.8 Å². The number of halogens is 1. The highest BCUT2D eigenvalue weighted by atomic mass is 32.2. The van der Waals surface area contributed by atoms with E-state index < -0.39 is 27.7 Å². The van der Waals surface area contributed by atoms with Crippen molar-refractivity contribution in [2.24, 2.45) is 5.14 Å². The number of hydrazine groups is 1. The Morgan fingerprint density at radius 2 is 1.87 bits per heavy atom. The van der Waals surface area contributed by atoms with Gasteiger partial charge in [0.1, 0.15) is 5.82 Å². The van der Waals surface area contributed by atoms with Gasteiger partial charge in [-0.1, -0.05) is 18.7 Å². The van der Waals surface area contributed by atoms with Gasteiger partial charge in [0.2, 0.25) is 15.9 Å². The number of sulfonamides is 1. The Labute approximate surface area is 182 Å². The summed E-state index contributed by atoms with van der Waals surface area (Å²) in [6.07, 6.45) is 0.801. The van der Waals surface area contributed by atoms with Crippen LogP contribution in [-0.2, 0) is 21.4 Å². The highest BCUT2D eigenvalue weighted by molar-refractivity contribution is 7.99. The maximum Gasteiger partial charge on any atom is 0.269 e. The number of nitrogens with two attached hydrogens (primary N) is 1. The van der Waals surface area contributed by atoms with Crippen LogP contribution in [0.4, 0.5) is 4.39 Å². The third-order valence-electron chi connectivity index (χ3n) is 4.21. The Morgan fingerprint density at radius 1 is 1.16 bits per heavy atom. The van der Waals surface area contributed by atoms with Crippen molar-refractivity contribution in [2.75, 3.05) is 5.75 Å². The minimum absolute atomic E-state index is 0.0426. The van der Waals surface area contributed by atoms with E-state index in [0.29, 0.717) is 17.2 Å². The number of amides is 2. The van der Waals surface area contributed by atoms with E-state index in [1.165, 1.54) is 24.3 Å². The van der Waals surface area contributed by atoms with Gasteiger partial charge in [-0.15, -0.1) is 0 Å². The van der Waals surface area contributed by atoms with E-state index in [4.69, 9.17) is 5.14 Å². The van der Waals surface area contributed by atoms with Crippen molar-refractivity contribution in [3.05, 3.63) is 53.8 Å². The number of aromatic nitrogens is 2.